The second-order valence-electron chi connectivity index (χ2n) is 3.32. The molecule has 2 rings (SSSR count). The van der Waals surface area contributed by atoms with Crippen LogP contribution in [-0.2, 0) is 0 Å². The van der Waals surface area contributed by atoms with Crippen molar-refractivity contribution in [2.45, 2.75) is 0 Å². The molecule has 0 heterocycles. The van der Waals surface area contributed by atoms with Gasteiger partial charge in [0.25, 0.3) is 0 Å². The van der Waals surface area contributed by atoms with Gasteiger partial charge in [-0.2, -0.15) is 0 Å². The fourth-order valence-electron chi connectivity index (χ4n) is 1.49. The van der Waals surface area contributed by atoms with Crippen molar-refractivity contribution in [2.75, 3.05) is 0 Å². The molecule has 0 aliphatic rings. The number of halogens is 1. The Bertz CT molecular complexity index is 491. The molecule has 0 aliphatic carbocycles. The van der Waals surface area contributed by atoms with Gasteiger partial charge >= 0.3 is 0 Å². The number of hydrogen-bond donors (Lipinski definition) is 1. The van der Waals surface area contributed by atoms with Gasteiger partial charge in [-0.25, -0.2) is 0 Å². The van der Waals surface area contributed by atoms with Crippen LogP contribution in [0, 0.1) is 0 Å². The first-order valence-electron chi connectivity index (χ1n) is 4.84. The molecule has 0 spiro atoms. The first kappa shape index (κ1) is 10.7. The van der Waals surface area contributed by atoms with E-state index in [1.165, 1.54) is 0 Å². The molecule has 0 amide bonds. The summed E-state index contributed by atoms with van der Waals surface area (Å²) in [4.78, 5) is 0. The van der Waals surface area contributed by atoms with Crippen LogP contribution in [-0.4, -0.2) is 10.9 Å². The van der Waals surface area contributed by atoms with E-state index in [4.69, 9.17) is 16.8 Å². The Labute approximate surface area is 98.8 Å². The van der Waals surface area contributed by atoms with Gasteiger partial charge in [0.15, 0.2) is 0 Å². The van der Waals surface area contributed by atoms with Crippen LogP contribution in [0.5, 0.6) is 0 Å². The Morgan fingerprint density at radius 1 is 0.875 bits per heavy atom. The zero-order chi connectivity index (χ0) is 11.4. The van der Waals surface area contributed by atoms with Crippen molar-refractivity contribution in [3.8, 4) is 0 Å². The molecular formula is C13H10ClNO. The van der Waals surface area contributed by atoms with E-state index in [1.807, 2.05) is 42.5 Å². The van der Waals surface area contributed by atoms with Crippen LogP contribution in [0.25, 0.3) is 0 Å². The molecule has 0 bridgehead atoms. The minimum absolute atomic E-state index is 0.539. The lowest BCUT2D eigenvalue weighted by Gasteiger charge is -2.04. The molecule has 2 nitrogen and oxygen atoms in total. The number of rotatable bonds is 2. The third-order valence-corrected chi connectivity index (χ3v) is 2.52. The summed E-state index contributed by atoms with van der Waals surface area (Å²) in [6.45, 7) is 0. The summed E-state index contributed by atoms with van der Waals surface area (Å²) >= 11 is 5.80. The third-order valence-electron chi connectivity index (χ3n) is 2.26. The largest absolute Gasteiger partial charge is 0.410 e. The molecule has 2 aromatic carbocycles. The highest BCUT2D eigenvalue weighted by Gasteiger charge is 2.06. The van der Waals surface area contributed by atoms with Crippen molar-refractivity contribution in [1.82, 2.24) is 0 Å². The SMILES string of the molecule is O/N=C(\c1ccccc1)c1ccc(Cl)cc1. The topological polar surface area (TPSA) is 32.6 Å². The molecular weight excluding hydrogens is 222 g/mol. The van der Waals surface area contributed by atoms with E-state index in [-0.39, 0.29) is 0 Å². The van der Waals surface area contributed by atoms with Gasteiger partial charge in [-0.05, 0) is 12.1 Å². The van der Waals surface area contributed by atoms with Gasteiger partial charge < -0.3 is 5.21 Å². The van der Waals surface area contributed by atoms with Crippen LogP contribution in [0.2, 0.25) is 5.02 Å². The smallest absolute Gasteiger partial charge is 0.117 e. The molecule has 0 unspecified atom stereocenters. The van der Waals surface area contributed by atoms with Gasteiger partial charge in [-0.3, -0.25) is 0 Å². The maximum atomic E-state index is 9.06. The fourth-order valence-corrected chi connectivity index (χ4v) is 1.61. The summed E-state index contributed by atoms with van der Waals surface area (Å²) in [7, 11) is 0. The van der Waals surface area contributed by atoms with Gasteiger partial charge in [0.1, 0.15) is 5.71 Å². The predicted octanol–water partition coefficient (Wildman–Crippen LogP) is 3.57. The quantitative estimate of drug-likeness (QED) is 0.478. The highest BCUT2D eigenvalue weighted by atomic mass is 35.5. The molecule has 0 saturated carbocycles. The molecule has 16 heavy (non-hydrogen) atoms. The Morgan fingerprint density at radius 2 is 1.44 bits per heavy atom. The van der Waals surface area contributed by atoms with E-state index < -0.39 is 0 Å². The van der Waals surface area contributed by atoms with E-state index in [1.54, 1.807) is 12.1 Å². The van der Waals surface area contributed by atoms with Crippen molar-refractivity contribution in [1.29, 1.82) is 0 Å². The molecule has 0 atom stereocenters. The van der Waals surface area contributed by atoms with Crippen molar-refractivity contribution in [2.24, 2.45) is 5.16 Å². The Balaban J connectivity index is 2.42. The first-order chi connectivity index (χ1) is 7.81. The van der Waals surface area contributed by atoms with Crippen LogP contribution in [0.15, 0.2) is 59.8 Å². The first-order valence-corrected chi connectivity index (χ1v) is 5.22. The van der Waals surface area contributed by atoms with Crippen molar-refractivity contribution in [3.05, 3.63) is 70.7 Å². The predicted molar refractivity (Wildman–Crippen MR) is 65.3 cm³/mol. The number of benzene rings is 2. The van der Waals surface area contributed by atoms with E-state index in [2.05, 4.69) is 5.16 Å². The van der Waals surface area contributed by atoms with Crippen LogP contribution in [0.1, 0.15) is 11.1 Å². The lowest BCUT2D eigenvalue weighted by Crippen LogP contribution is -2.02. The average molecular weight is 232 g/mol. The maximum Gasteiger partial charge on any atom is 0.117 e. The van der Waals surface area contributed by atoms with Crippen molar-refractivity contribution < 1.29 is 5.21 Å². The summed E-state index contributed by atoms with van der Waals surface area (Å²) < 4.78 is 0. The van der Waals surface area contributed by atoms with Crippen LogP contribution in [0.3, 0.4) is 0 Å². The van der Waals surface area contributed by atoms with Crippen molar-refractivity contribution in [3.63, 3.8) is 0 Å². The summed E-state index contributed by atoms with van der Waals surface area (Å²) in [5.41, 5.74) is 2.24. The van der Waals surface area contributed by atoms with Crippen LogP contribution >= 0.6 is 11.6 Å². The van der Waals surface area contributed by atoms with Crippen LogP contribution < -0.4 is 0 Å². The maximum absolute atomic E-state index is 9.06. The molecule has 0 aliphatic heterocycles. The zero-order valence-corrected chi connectivity index (χ0v) is 9.22. The molecule has 0 saturated heterocycles. The summed E-state index contributed by atoms with van der Waals surface area (Å²) in [6, 6.07) is 16.7. The van der Waals surface area contributed by atoms with E-state index in [0.717, 1.165) is 11.1 Å². The van der Waals surface area contributed by atoms with E-state index >= 15 is 0 Å². The monoisotopic (exact) mass is 231 g/mol. The van der Waals surface area contributed by atoms with E-state index in [9.17, 15) is 0 Å². The molecule has 1 N–H and O–H groups in total. The second kappa shape index (κ2) is 4.81. The minimum atomic E-state index is 0.539. The summed E-state index contributed by atoms with van der Waals surface area (Å²) in [6.07, 6.45) is 0. The van der Waals surface area contributed by atoms with Gasteiger partial charge in [0.05, 0.1) is 0 Å². The lowest BCUT2D eigenvalue weighted by molar-refractivity contribution is 0.319. The highest BCUT2D eigenvalue weighted by Crippen LogP contribution is 2.14. The molecule has 3 heteroatoms. The van der Waals surface area contributed by atoms with E-state index in [0.29, 0.717) is 10.7 Å². The summed E-state index contributed by atoms with van der Waals surface area (Å²) in [5.74, 6) is 0. The van der Waals surface area contributed by atoms with Crippen molar-refractivity contribution >= 4 is 17.3 Å². The van der Waals surface area contributed by atoms with Gasteiger partial charge in [-0.15, -0.1) is 0 Å². The third kappa shape index (κ3) is 2.23. The molecule has 2 aromatic rings. The Morgan fingerprint density at radius 3 is 2.00 bits per heavy atom. The number of oxime groups is 1. The van der Waals surface area contributed by atoms with Crippen LogP contribution in [0.4, 0.5) is 0 Å². The standard InChI is InChI=1S/C13H10ClNO/c14-12-8-6-11(7-9-12)13(15-16)10-4-2-1-3-5-10/h1-9,16H/b15-13+. The Kier molecular flexibility index (Phi) is 3.22. The molecule has 80 valence electrons. The summed E-state index contributed by atoms with van der Waals surface area (Å²) in [5, 5.41) is 13.1. The van der Waals surface area contributed by atoms with Gasteiger partial charge in [-0.1, -0.05) is 59.2 Å². The molecule has 0 fully saturated rings. The van der Waals surface area contributed by atoms with Gasteiger partial charge in [0.2, 0.25) is 0 Å². The molecule has 0 aromatic heterocycles. The second-order valence-corrected chi connectivity index (χ2v) is 3.76. The average Bonchev–Trinajstić information content (AvgIpc) is 2.34. The normalized spacial score (nSPS) is 11.4. The molecule has 0 radical (unpaired) electrons. The zero-order valence-electron chi connectivity index (χ0n) is 8.47. The fraction of sp³-hybridized carbons (Fsp3) is 0. The number of nitrogens with zero attached hydrogens (tertiary/aromatic N) is 1. The van der Waals surface area contributed by atoms with Gasteiger partial charge in [0, 0.05) is 16.1 Å². The Hall–Kier alpha value is -1.80. The highest BCUT2D eigenvalue weighted by molar-refractivity contribution is 6.30. The number of hydrogen-bond acceptors (Lipinski definition) is 2. The lowest BCUT2D eigenvalue weighted by atomic mass is 10.0. The minimum Gasteiger partial charge on any atom is -0.410 e.